The summed E-state index contributed by atoms with van der Waals surface area (Å²) in [5.41, 5.74) is 2.40. The van der Waals surface area contributed by atoms with E-state index in [9.17, 15) is 0 Å². The average Bonchev–Trinajstić information content (AvgIpc) is 3.32. The van der Waals surface area contributed by atoms with Crippen molar-refractivity contribution >= 4 is 41.3 Å². The number of aryl methyl sites for hydroxylation is 3. The molecule has 0 unspecified atom stereocenters. The van der Waals surface area contributed by atoms with Crippen LogP contribution in [0, 0.1) is 6.92 Å². The summed E-state index contributed by atoms with van der Waals surface area (Å²) in [6.07, 6.45) is 4.87. The van der Waals surface area contributed by atoms with Crippen LogP contribution in [0.3, 0.4) is 0 Å². The molecule has 0 bridgehead atoms. The molecule has 1 N–H and O–H groups in total. The van der Waals surface area contributed by atoms with E-state index in [-0.39, 0.29) is 24.0 Å². The molecule has 0 fully saturated rings. The van der Waals surface area contributed by atoms with E-state index < -0.39 is 0 Å². The minimum atomic E-state index is 0. The zero-order chi connectivity index (χ0) is 19.8. The van der Waals surface area contributed by atoms with Gasteiger partial charge in [-0.2, -0.15) is 0 Å². The molecule has 0 amide bonds. The Morgan fingerprint density at radius 1 is 1.28 bits per heavy atom. The third-order valence-electron chi connectivity index (χ3n) is 4.42. The van der Waals surface area contributed by atoms with Gasteiger partial charge in [0.05, 0.1) is 17.2 Å². The van der Waals surface area contributed by atoms with Gasteiger partial charge in [-0.3, -0.25) is 0 Å². The van der Waals surface area contributed by atoms with Gasteiger partial charge in [0, 0.05) is 37.9 Å². The first kappa shape index (κ1) is 23.3. The molecule has 0 radical (unpaired) electrons. The number of aromatic nitrogens is 3. The molecule has 0 saturated carbocycles. The van der Waals surface area contributed by atoms with Crippen LogP contribution in [0.15, 0.2) is 53.1 Å². The predicted octanol–water partition coefficient (Wildman–Crippen LogP) is 4.11. The molecule has 156 valence electrons. The third kappa shape index (κ3) is 7.11. The highest BCUT2D eigenvalue weighted by atomic mass is 127. The van der Waals surface area contributed by atoms with Crippen molar-refractivity contribution in [3.63, 3.8) is 0 Å². The number of hydrogen-bond acceptors (Lipinski definition) is 4. The van der Waals surface area contributed by atoms with Crippen LogP contribution in [0.5, 0.6) is 0 Å². The second-order valence-electron chi connectivity index (χ2n) is 6.66. The van der Waals surface area contributed by atoms with Gasteiger partial charge in [-0.15, -0.1) is 35.3 Å². The Morgan fingerprint density at radius 2 is 2.07 bits per heavy atom. The molecule has 0 aliphatic rings. The van der Waals surface area contributed by atoms with Crippen molar-refractivity contribution in [2.24, 2.45) is 4.99 Å². The molecule has 8 heteroatoms. The summed E-state index contributed by atoms with van der Waals surface area (Å²) < 4.78 is 2.18. The normalized spacial score (nSPS) is 11.2. The first-order valence-electron chi connectivity index (χ1n) is 9.60. The second kappa shape index (κ2) is 11.9. The Balaban J connectivity index is 0.00000300. The number of imidazole rings is 1. The van der Waals surface area contributed by atoms with E-state index in [0.29, 0.717) is 6.54 Å². The van der Waals surface area contributed by atoms with Crippen LogP contribution in [-0.4, -0.2) is 39.0 Å². The highest BCUT2D eigenvalue weighted by Crippen LogP contribution is 2.10. The van der Waals surface area contributed by atoms with E-state index in [1.165, 1.54) is 5.56 Å². The fourth-order valence-corrected chi connectivity index (χ4v) is 3.61. The maximum absolute atomic E-state index is 4.80. The maximum atomic E-state index is 4.80. The van der Waals surface area contributed by atoms with Gasteiger partial charge in [-0.05, 0) is 25.8 Å². The first-order valence-corrected chi connectivity index (χ1v) is 10.5. The lowest BCUT2D eigenvalue weighted by molar-refractivity contribution is 0.470. The van der Waals surface area contributed by atoms with Gasteiger partial charge in [0.1, 0.15) is 12.4 Å². The Morgan fingerprint density at radius 3 is 2.76 bits per heavy atom. The van der Waals surface area contributed by atoms with Crippen molar-refractivity contribution in [2.45, 2.75) is 39.9 Å². The summed E-state index contributed by atoms with van der Waals surface area (Å²) in [6, 6.07) is 10.5. The van der Waals surface area contributed by atoms with Gasteiger partial charge < -0.3 is 14.8 Å². The van der Waals surface area contributed by atoms with E-state index in [2.05, 4.69) is 61.3 Å². The quantitative estimate of drug-likeness (QED) is 0.274. The number of benzene rings is 1. The van der Waals surface area contributed by atoms with Crippen LogP contribution in [0.2, 0.25) is 0 Å². The van der Waals surface area contributed by atoms with Crippen LogP contribution in [0.25, 0.3) is 0 Å². The van der Waals surface area contributed by atoms with Gasteiger partial charge in [-0.1, -0.05) is 30.3 Å². The van der Waals surface area contributed by atoms with Gasteiger partial charge in [0.2, 0.25) is 0 Å². The van der Waals surface area contributed by atoms with E-state index >= 15 is 0 Å². The van der Waals surface area contributed by atoms with E-state index in [4.69, 9.17) is 4.99 Å². The minimum absolute atomic E-state index is 0. The summed E-state index contributed by atoms with van der Waals surface area (Å²) in [6.45, 7) is 7.12. The molecule has 29 heavy (non-hydrogen) atoms. The molecule has 0 atom stereocenters. The van der Waals surface area contributed by atoms with Gasteiger partial charge in [-0.25, -0.2) is 15.0 Å². The number of nitrogens with zero attached hydrogens (tertiary/aromatic N) is 5. The molecular weight excluding hydrogens is 495 g/mol. The Kier molecular flexibility index (Phi) is 9.59. The standard InChI is InChI=1S/C21H28N6S.HI/c1-4-22-21(26(3)15-19-16-28-17(2)25-19)24-14-20-23-11-13-27(20)12-10-18-8-6-5-7-9-18;/h5-9,11,13,16H,4,10,12,14-15H2,1-3H3,(H,22,24);1H. The van der Waals surface area contributed by atoms with Crippen molar-refractivity contribution in [1.29, 1.82) is 0 Å². The van der Waals surface area contributed by atoms with E-state index in [1.807, 2.05) is 32.4 Å². The zero-order valence-corrected chi connectivity index (χ0v) is 20.4. The van der Waals surface area contributed by atoms with Crippen LogP contribution in [-0.2, 0) is 26.1 Å². The fourth-order valence-electron chi connectivity index (χ4n) is 3.00. The molecule has 2 aromatic heterocycles. The molecule has 6 nitrogen and oxygen atoms in total. The summed E-state index contributed by atoms with van der Waals surface area (Å²) in [4.78, 5) is 16.0. The topological polar surface area (TPSA) is 58.3 Å². The Bertz CT molecular complexity index is 889. The number of rotatable bonds is 8. The van der Waals surface area contributed by atoms with Crippen LogP contribution < -0.4 is 5.32 Å². The van der Waals surface area contributed by atoms with Crippen LogP contribution >= 0.6 is 35.3 Å². The summed E-state index contributed by atoms with van der Waals surface area (Å²) in [5.74, 6) is 1.84. The molecule has 3 aromatic rings. The van der Waals surface area contributed by atoms with Crippen molar-refractivity contribution in [2.75, 3.05) is 13.6 Å². The summed E-state index contributed by atoms with van der Waals surface area (Å²) >= 11 is 1.68. The Labute approximate surface area is 194 Å². The molecule has 3 rings (SSSR count). The number of hydrogen-bond donors (Lipinski definition) is 1. The minimum Gasteiger partial charge on any atom is -0.357 e. The number of guanidine groups is 1. The number of halogens is 1. The molecule has 0 aliphatic heterocycles. The highest BCUT2D eigenvalue weighted by molar-refractivity contribution is 14.0. The van der Waals surface area contributed by atoms with E-state index in [1.54, 1.807) is 11.3 Å². The first-order chi connectivity index (χ1) is 13.7. The predicted molar refractivity (Wildman–Crippen MR) is 131 cm³/mol. The largest absolute Gasteiger partial charge is 0.357 e. The fraction of sp³-hybridized carbons (Fsp3) is 0.381. The zero-order valence-electron chi connectivity index (χ0n) is 17.2. The highest BCUT2D eigenvalue weighted by Gasteiger charge is 2.10. The monoisotopic (exact) mass is 524 g/mol. The molecule has 0 aliphatic carbocycles. The van der Waals surface area contributed by atoms with Gasteiger partial charge in [0.25, 0.3) is 0 Å². The Hall–Kier alpha value is -1.94. The number of aliphatic imine (C=N–C) groups is 1. The van der Waals surface area contributed by atoms with Crippen LogP contribution in [0.1, 0.15) is 29.0 Å². The van der Waals surface area contributed by atoms with Crippen LogP contribution in [0.4, 0.5) is 0 Å². The molecule has 0 saturated heterocycles. The third-order valence-corrected chi connectivity index (χ3v) is 5.24. The second-order valence-corrected chi connectivity index (χ2v) is 7.72. The smallest absolute Gasteiger partial charge is 0.194 e. The van der Waals surface area contributed by atoms with Crippen molar-refractivity contribution < 1.29 is 0 Å². The SMILES string of the molecule is CCNC(=NCc1nccn1CCc1ccccc1)N(C)Cc1csc(C)n1.I. The van der Waals surface area contributed by atoms with Crippen molar-refractivity contribution in [3.05, 3.63) is 70.2 Å². The molecular formula is C21H29IN6S. The average molecular weight is 524 g/mol. The molecule has 2 heterocycles. The maximum Gasteiger partial charge on any atom is 0.194 e. The molecule has 1 aromatic carbocycles. The lowest BCUT2D eigenvalue weighted by Crippen LogP contribution is -2.38. The van der Waals surface area contributed by atoms with Crippen molar-refractivity contribution in [1.82, 2.24) is 24.8 Å². The number of nitrogens with one attached hydrogen (secondary N) is 1. The van der Waals surface area contributed by atoms with Crippen molar-refractivity contribution in [3.8, 4) is 0 Å². The lowest BCUT2D eigenvalue weighted by Gasteiger charge is -2.21. The summed E-state index contributed by atoms with van der Waals surface area (Å²) in [5, 5.41) is 6.56. The van der Waals surface area contributed by atoms with E-state index in [0.717, 1.165) is 48.5 Å². The molecule has 0 spiro atoms. The lowest BCUT2D eigenvalue weighted by atomic mass is 10.1. The number of thiazole rings is 1. The van der Waals surface area contributed by atoms with Gasteiger partial charge in [0.15, 0.2) is 5.96 Å². The summed E-state index contributed by atoms with van der Waals surface area (Å²) in [7, 11) is 2.04. The van der Waals surface area contributed by atoms with Gasteiger partial charge >= 0.3 is 0 Å².